The van der Waals surface area contributed by atoms with Gasteiger partial charge in [-0.15, -0.1) is 0 Å². The lowest BCUT2D eigenvalue weighted by atomic mass is 9.69. The second-order valence-corrected chi connectivity index (χ2v) is 10.0. The van der Waals surface area contributed by atoms with E-state index in [1.54, 1.807) is 35.5 Å². The Balaban J connectivity index is 1.55. The van der Waals surface area contributed by atoms with Gasteiger partial charge in [0.2, 0.25) is 0 Å². The normalized spacial score (nSPS) is 30.5. The molecule has 7 nitrogen and oxygen atoms in total. The van der Waals surface area contributed by atoms with Gasteiger partial charge in [0.15, 0.2) is 28.8 Å². The molecule has 0 radical (unpaired) electrons. The number of hydrogen-bond donors (Lipinski definition) is 0. The fraction of sp³-hybridized carbons (Fsp3) is 0.467. The van der Waals surface area contributed by atoms with Gasteiger partial charge in [0.1, 0.15) is 5.60 Å². The zero-order valence-electron chi connectivity index (χ0n) is 22.4. The first-order valence-corrected chi connectivity index (χ1v) is 12.6. The number of allylic oxidation sites excluding steroid dienone is 2. The van der Waals surface area contributed by atoms with E-state index in [0.29, 0.717) is 36.0 Å². The highest BCUT2D eigenvalue weighted by molar-refractivity contribution is 5.57. The standard InChI is InChI=1S/C30H36O7/c1-29(35-6)17-28-30(37-29)16-21(9-7-19-8-11-24(31-2)26(13-19)33-4)23(15-22(30)18-36-28)20-10-12-25(32-3)27(14-20)34-5/h7-15,21,23,28H,16-18H2,1-6H3/b9-7+/t21-,23+,28+,29+,30+/m1/s1. The molecular formula is C30H36O7. The van der Waals surface area contributed by atoms with Gasteiger partial charge in [-0.05, 0) is 60.2 Å². The minimum Gasteiger partial charge on any atom is -0.493 e. The molecule has 2 aliphatic heterocycles. The van der Waals surface area contributed by atoms with Crippen LogP contribution in [0.3, 0.4) is 0 Å². The summed E-state index contributed by atoms with van der Waals surface area (Å²) in [4.78, 5) is 0. The van der Waals surface area contributed by atoms with Crippen molar-refractivity contribution in [2.24, 2.45) is 5.92 Å². The van der Waals surface area contributed by atoms with E-state index in [1.807, 2.05) is 31.2 Å². The number of rotatable bonds is 8. The molecule has 0 aromatic heterocycles. The first-order valence-electron chi connectivity index (χ1n) is 12.6. The predicted molar refractivity (Wildman–Crippen MR) is 141 cm³/mol. The Hall–Kier alpha value is -3.00. The second-order valence-electron chi connectivity index (χ2n) is 10.0. The molecule has 0 N–H and O–H groups in total. The SMILES string of the molecule is COc1ccc(/C=C/[C@@H]2C[C@@]34O[C@](C)(OC)C[C@@H]3OCC4=C[C@H]2c2ccc(OC)c(OC)c2)cc1OC. The summed E-state index contributed by atoms with van der Waals surface area (Å²) < 4.78 is 40.7. The lowest BCUT2D eigenvalue weighted by Crippen LogP contribution is -2.44. The number of ether oxygens (including phenoxy) is 7. The fourth-order valence-corrected chi connectivity index (χ4v) is 5.99. The van der Waals surface area contributed by atoms with Gasteiger partial charge in [-0.2, -0.15) is 0 Å². The van der Waals surface area contributed by atoms with Gasteiger partial charge in [-0.3, -0.25) is 0 Å². The molecule has 1 aliphatic carbocycles. The van der Waals surface area contributed by atoms with Crippen LogP contribution in [0, 0.1) is 5.92 Å². The summed E-state index contributed by atoms with van der Waals surface area (Å²) in [6.45, 7) is 2.57. The van der Waals surface area contributed by atoms with Crippen molar-refractivity contribution in [1.29, 1.82) is 0 Å². The van der Waals surface area contributed by atoms with Crippen molar-refractivity contribution in [3.8, 4) is 23.0 Å². The second kappa shape index (κ2) is 10.0. The maximum atomic E-state index is 6.70. The molecule has 2 aromatic carbocycles. The van der Waals surface area contributed by atoms with Crippen molar-refractivity contribution >= 4 is 6.08 Å². The van der Waals surface area contributed by atoms with Gasteiger partial charge in [-0.25, -0.2) is 0 Å². The lowest BCUT2D eigenvalue weighted by Gasteiger charge is -2.40. The molecule has 2 fully saturated rings. The van der Waals surface area contributed by atoms with E-state index >= 15 is 0 Å². The molecule has 0 bridgehead atoms. The van der Waals surface area contributed by atoms with Gasteiger partial charge in [0, 0.05) is 19.4 Å². The van der Waals surface area contributed by atoms with Crippen molar-refractivity contribution < 1.29 is 33.2 Å². The van der Waals surface area contributed by atoms with Crippen LogP contribution in [0.25, 0.3) is 6.08 Å². The molecular weight excluding hydrogens is 472 g/mol. The van der Waals surface area contributed by atoms with Crippen LogP contribution in [0.2, 0.25) is 0 Å². The van der Waals surface area contributed by atoms with Crippen LogP contribution in [0.1, 0.15) is 36.8 Å². The largest absolute Gasteiger partial charge is 0.493 e. The molecule has 2 aromatic rings. The van der Waals surface area contributed by atoms with Crippen LogP contribution in [-0.4, -0.2) is 59.6 Å². The molecule has 3 aliphatic rings. The zero-order valence-corrected chi connectivity index (χ0v) is 22.4. The number of methoxy groups -OCH3 is 5. The van der Waals surface area contributed by atoms with Crippen molar-refractivity contribution in [3.05, 3.63) is 65.3 Å². The summed E-state index contributed by atoms with van der Waals surface area (Å²) in [5, 5.41) is 0. The Bertz CT molecular complexity index is 1200. The minimum atomic E-state index is -0.669. The van der Waals surface area contributed by atoms with E-state index in [1.165, 1.54) is 5.57 Å². The van der Waals surface area contributed by atoms with E-state index in [-0.39, 0.29) is 17.9 Å². The predicted octanol–water partition coefficient (Wildman–Crippen LogP) is 5.38. The Labute approximate surface area is 218 Å². The molecule has 2 saturated heterocycles. The third-order valence-corrected chi connectivity index (χ3v) is 8.01. The van der Waals surface area contributed by atoms with Gasteiger partial charge >= 0.3 is 0 Å². The van der Waals surface area contributed by atoms with Crippen molar-refractivity contribution in [2.45, 2.75) is 43.2 Å². The average Bonchev–Trinajstić information content (AvgIpc) is 3.40. The highest BCUT2D eigenvalue weighted by Crippen LogP contribution is 2.56. The fourth-order valence-electron chi connectivity index (χ4n) is 5.99. The average molecular weight is 509 g/mol. The van der Waals surface area contributed by atoms with Gasteiger partial charge in [-0.1, -0.05) is 30.4 Å². The third-order valence-electron chi connectivity index (χ3n) is 8.01. The van der Waals surface area contributed by atoms with Crippen molar-refractivity contribution in [2.75, 3.05) is 42.2 Å². The monoisotopic (exact) mass is 508 g/mol. The molecule has 5 atom stereocenters. The topological polar surface area (TPSA) is 64.6 Å². The Morgan fingerprint density at radius 1 is 0.838 bits per heavy atom. The quantitative estimate of drug-likeness (QED) is 0.443. The maximum absolute atomic E-state index is 6.70. The summed E-state index contributed by atoms with van der Waals surface area (Å²) in [5.74, 6) is 2.41. The minimum absolute atomic E-state index is 0.0352. The van der Waals surface area contributed by atoms with E-state index in [9.17, 15) is 0 Å². The Morgan fingerprint density at radius 3 is 2.19 bits per heavy atom. The van der Waals surface area contributed by atoms with E-state index in [4.69, 9.17) is 33.2 Å². The summed E-state index contributed by atoms with van der Waals surface area (Å²) >= 11 is 0. The number of hydrogen-bond acceptors (Lipinski definition) is 7. The molecule has 198 valence electrons. The number of benzene rings is 2. The smallest absolute Gasteiger partial charge is 0.169 e. The van der Waals surface area contributed by atoms with Gasteiger partial charge < -0.3 is 33.2 Å². The van der Waals surface area contributed by atoms with Crippen LogP contribution in [0.4, 0.5) is 0 Å². The van der Waals surface area contributed by atoms with Crippen LogP contribution in [0.5, 0.6) is 23.0 Å². The zero-order chi connectivity index (χ0) is 26.2. The molecule has 0 saturated carbocycles. The molecule has 0 amide bonds. The molecule has 1 spiro atoms. The van der Waals surface area contributed by atoms with Crippen LogP contribution >= 0.6 is 0 Å². The summed E-state index contributed by atoms with van der Waals surface area (Å²) in [5.41, 5.74) is 2.88. The summed E-state index contributed by atoms with van der Waals surface area (Å²) in [7, 11) is 8.30. The summed E-state index contributed by atoms with van der Waals surface area (Å²) in [6, 6.07) is 12.1. The molecule has 5 rings (SSSR count). The van der Waals surface area contributed by atoms with Crippen molar-refractivity contribution in [1.82, 2.24) is 0 Å². The highest BCUT2D eigenvalue weighted by atomic mass is 16.7. The van der Waals surface area contributed by atoms with Gasteiger partial charge in [0.25, 0.3) is 0 Å². The first kappa shape index (κ1) is 25.6. The summed E-state index contributed by atoms with van der Waals surface area (Å²) in [6.07, 6.45) is 8.19. The Morgan fingerprint density at radius 2 is 1.51 bits per heavy atom. The maximum Gasteiger partial charge on any atom is 0.169 e. The molecule has 7 heteroatoms. The van der Waals surface area contributed by atoms with E-state index < -0.39 is 11.4 Å². The first-order chi connectivity index (χ1) is 17.9. The van der Waals surface area contributed by atoms with Gasteiger partial charge in [0.05, 0.1) is 41.2 Å². The van der Waals surface area contributed by atoms with Crippen molar-refractivity contribution in [3.63, 3.8) is 0 Å². The van der Waals surface area contributed by atoms with E-state index in [2.05, 4.69) is 30.4 Å². The Kier molecular flexibility index (Phi) is 6.96. The molecule has 2 heterocycles. The molecule has 37 heavy (non-hydrogen) atoms. The van der Waals surface area contributed by atoms with E-state index in [0.717, 1.165) is 17.5 Å². The van der Waals surface area contributed by atoms with Crippen LogP contribution < -0.4 is 18.9 Å². The van der Waals surface area contributed by atoms with Crippen LogP contribution in [0.15, 0.2) is 54.1 Å². The van der Waals surface area contributed by atoms with Crippen LogP contribution in [-0.2, 0) is 14.2 Å². The molecule has 0 unspecified atom stereocenters. The highest BCUT2D eigenvalue weighted by Gasteiger charge is 2.62. The lowest BCUT2D eigenvalue weighted by molar-refractivity contribution is -0.222. The third kappa shape index (κ3) is 4.49.